The maximum Gasteiger partial charge on any atom is 0.327 e. The first kappa shape index (κ1) is 12.2. The molecule has 1 N–H and O–H groups in total. The molecule has 17 heavy (non-hydrogen) atoms. The van der Waals surface area contributed by atoms with Crippen LogP contribution in [0.3, 0.4) is 0 Å². The van der Waals surface area contributed by atoms with Gasteiger partial charge in [0.25, 0.3) is 0 Å². The van der Waals surface area contributed by atoms with Crippen molar-refractivity contribution in [2.45, 2.75) is 26.7 Å². The fraction of sp³-hybridized carbons (Fsp3) is 0.533. The maximum absolute atomic E-state index is 10.6. The molecule has 2 aliphatic carbocycles. The van der Waals surface area contributed by atoms with E-state index in [9.17, 15) is 4.79 Å². The summed E-state index contributed by atoms with van der Waals surface area (Å²) in [5.74, 6) is 1.10. The van der Waals surface area contributed by atoms with Gasteiger partial charge in [-0.25, -0.2) is 4.79 Å². The summed E-state index contributed by atoms with van der Waals surface area (Å²) >= 11 is 0. The van der Waals surface area contributed by atoms with Crippen molar-refractivity contribution in [1.82, 2.24) is 0 Å². The van der Waals surface area contributed by atoms with Gasteiger partial charge in [-0.15, -0.1) is 0 Å². The van der Waals surface area contributed by atoms with Crippen LogP contribution >= 0.6 is 0 Å². The van der Waals surface area contributed by atoms with Crippen LogP contribution in [0.4, 0.5) is 0 Å². The molecule has 1 unspecified atom stereocenters. The van der Waals surface area contributed by atoms with E-state index >= 15 is 0 Å². The molecule has 4 atom stereocenters. The van der Waals surface area contributed by atoms with Crippen molar-refractivity contribution >= 4 is 5.97 Å². The van der Waals surface area contributed by atoms with E-state index < -0.39 is 5.97 Å². The molecule has 92 valence electrons. The van der Waals surface area contributed by atoms with Gasteiger partial charge in [-0.05, 0) is 42.1 Å². The van der Waals surface area contributed by atoms with Gasteiger partial charge >= 0.3 is 5.97 Å². The lowest BCUT2D eigenvalue weighted by Crippen LogP contribution is -2.27. The Morgan fingerprint density at radius 1 is 1.41 bits per heavy atom. The molecule has 0 aliphatic heterocycles. The summed E-state index contributed by atoms with van der Waals surface area (Å²) in [7, 11) is 0. The molecule has 2 rings (SSSR count). The Morgan fingerprint density at radius 2 is 2.18 bits per heavy atom. The number of aliphatic carboxylic acids is 1. The molecule has 2 heteroatoms. The minimum Gasteiger partial charge on any atom is -0.478 e. The van der Waals surface area contributed by atoms with Crippen LogP contribution in [-0.2, 0) is 4.79 Å². The van der Waals surface area contributed by atoms with Crippen LogP contribution in [0, 0.1) is 23.7 Å². The summed E-state index contributed by atoms with van der Waals surface area (Å²) in [4.78, 5) is 10.6. The van der Waals surface area contributed by atoms with Crippen molar-refractivity contribution in [1.29, 1.82) is 0 Å². The largest absolute Gasteiger partial charge is 0.478 e. The molecule has 0 amide bonds. The second kappa shape index (κ2) is 4.91. The Morgan fingerprint density at radius 3 is 2.88 bits per heavy atom. The summed E-state index contributed by atoms with van der Waals surface area (Å²) < 4.78 is 0. The van der Waals surface area contributed by atoms with Gasteiger partial charge in [0.1, 0.15) is 0 Å². The quantitative estimate of drug-likeness (QED) is 0.741. The number of hydrogen-bond donors (Lipinski definition) is 1. The number of carboxylic acid groups (broad SMARTS) is 1. The first-order chi connectivity index (χ1) is 8.08. The van der Waals surface area contributed by atoms with Gasteiger partial charge in [0, 0.05) is 6.08 Å². The standard InChI is InChI=1S/C15H20O2/c1-10-3-6-14-12(9-10)5-4-11(2)13(14)7-8-15(16)17/h4-5,7-11,13-14H,3,6H2,1-2H3,(H,16,17)/b8-7+/t10-,11+,13?,14+/m1/s1. The summed E-state index contributed by atoms with van der Waals surface area (Å²) in [5, 5.41) is 8.75. The zero-order valence-corrected chi connectivity index (χ0v) is 10.5. The zero-order valence-electron chi connectivity index (χ0n) is 10.5. The topological polar surface area (TPSA) is 37.3 Å². The number of allylic oxidation sites excluding steroid dienone is 5. The van der Waals surface area contributed by atoms with Gasteiger partial charge in [0.05, 0.1) is 0 Å². The van der Waals surface area contributed by atoms with Gasteiger partial charge in [0.15, 0.2) is 0 Å². The highest BCUT2D eigenvalue weighted by Gasteiger charge is 2.31. The van der Waals surface area contributed by atoms with E-state index in [1.165, 1.54) is 24.5 Å². The normalized spacial score (nSPS) is 36.7. The van der Waals surface area contributed by atoms with Crippen LogP contribution in [0.2, 0.25) is 0 Å². The van der Waals surface area contributed by atoms with Gasteiger partial charge in [-0.2, -0.15) is 0 Å². The van der Waals surface area contributed by atoms with E-state index in [2.05, 4.69) is 32.1 Å². The third-order valence-corrected chi connectivity index (χ3v) is 3.96. The fourth-order valence-electron chi connectivity index (χ4n) is 3.00. The van der Waals surface area contributed by atoms with Crippen molar-refractivity contribution < 1.29 is 9.90 Å². The molecule has 0 aromatic heterocycles. The Hall–Kier alpha value is -1.31. The van der Waals surface area contributed by atoms with Crippen LogP contribution in [0.5, 0.6) is 0 Å². The van der Waals surface area contributed by atoms with E-state index in [1.54, 1.807) is 0 Å². The highest BCUT2D eigenvalue weighted by atomic mass is 16.4. The molecule has 0 aromatic rings. The van der Waals surface area contributed by atoms with E-state index in [0.29, 0.717) is 23.7 Å². The van der Waals surface area contributed by atoms with Crippen LogP contribution in [-0.4, -0.2) is 11.1 Å². The molecular formula is C15H20O2. The molecule has 2 nitrogen and oxygen atoms in total. The van der Waals surface area contributed by atoms with Crippen LogP contribution in [0.15, 0.2) is 36.0 Å². The average molecular weight is 232 g/mol. The lowest BCUT2D eigenvalue weighted by atomic mass is 9.68. The highest BCUT2D eigenvalue weighted by Crippen LogP contribution is 2.41. The predicted molar refractivity (Wildman–Crippen MR) is 68.5 cm³/mol. The number of carbonyl (C=O) groups is 1. The molecule has 0 saturated heterocycles. The Bertz CT molecular complexity index is 390. The molecule has 0 radical (unpaired) electrons. The lowest BCUT2D eigenvalue weighted by molar-refractivity contribution is -0.131. The third-order valence-electron chi connectivity index (χ3n) is 3.96. The summed E-state index contributed by atoms with van der Waals surface area (Å²) in [5.41, 5.74) is 1.40. The maximum atomic E-state index is 10.6. The van der Waals surface area contributed by atoms with Gasteiger partial charge in [0.2, 0.25) is 0 Å². The van der Waals surface area contributed by atoms with E-state index in [0.717, 1.165) is 0 Å². The summed E-state index contributed by atoms with van der Waals surface area (Å²) in [6.45, 7) is 4.42. The zero-order chi connectivity index (χ0) is 12.4. The summed E-state index contributed by atoms with van der Waals surface area (Å²) in [6.07, 6.45) is 12.4. The van der Waals surface area contributed by atoms with Crippen LogP contribution in [0.25, 0.3) is 0 Å². The van der Waals surface area contributed by atoms with Crippen molar-refractivity contribution in [2.24, 2.45) is 23.7 Å². The van der Waals surface area contributed by atoms with E-state index in [1.807, 2.05) is 6.08 Å². The van der Waals surface area contributed by atoms with E-state index in [-0.39, 0.29) is 0 Å². The third kappa shape index (κ3) is 2.68. The molecule has 2 aliphatic rings. The fourth-order valence-corrected chi connectivity index (χ4v) is 3.00. The molecule has 0 saturated carbocycles. The molecule has 0 fully saturated rings. The molecule has 0 spiro atoms. The van der Waals surface area contributed by atoms with Crippen molar-refractivity contribution in [3.05, 3.63) is 36.0 Å². The van der Waals surface area contributed by atoms with Crippen LogP contribution in [0.1, 0.15) is 26.7 Å². The van der Waals surface area contributed by atoms with Gasteiger partial charge < -0.3 is 5.11 Å². The number of fused-ring (bicyclic) bond motifs is 1. The smallest absolute Gasteiger partial charge is 0.327 e. The van der Waals surface area contributed by atoms with Crippen molar-refractivity contribution in [3.8, 4) is 0 Å². The molecular weight excluding hydrogens is 212 g/mol. The van der Waals surface area contributed by atoms with Crippen molar-refractivity contribution in [3.63, 3.8) is 0 Å². The number of carboxylic acids is 1. The van der Waals surface area contributed by atoms with Gasteiger partial charge in [-0.3, -0.25) is 0 Å². The minimum absolute atomic E-state index is 0.342. The minimum atomic E-state index is -0.846. The number of hydrogen-bond acceptors (Lipinski definition) is 1. The van der Waals surface area contributed by atoms with Gasteiger partial charge in [-0.1, -0.05) is 38.2 Å². The molecule has 0 bridgehead atoms. The molecule has 0 heterocycles. The SMILES string of the molecule is C[C@H]1C=C2C=C[C@H](C)C(/C=C/C(=O)O)[C@H]2CC1. The Balaban J connectivity index is 2.24. The second-order valence-corrected chi connectivity index (χ2v) is 5.32. The first-order valence-corrected chi connectivity index (χ1v) is 6.39. The monoisotopic (exact) mass is 232 g/mol. The van der Waals surface area contributed by atoms with E-state index in [4.69, 9.17) is 5.11 Å². The number of rotatable bonds is 2. The molecule has 0 aromatic carbocycles. The van der Waals surface area contributed by atoms with Crippen LogP contribution < -0.4 is 0 Å². The second-order valence-electron chi connectivity index (χ2n) is 5.32. The first-order valence-electron chi connectivity index (χ1n) is 6.39. The Labute approximate surface area is 103 Å². The van der Waals surface area contributed by atoms with Crippen molar-refractivity contribution in [2.75, 3.05) is 0 Å². The average Bonchev–Trinajstić information content (AvgIpc) is 2.27. The lowest BCUT2D eigenvalue weighted by Gasteiger charge is -2.36. The summed E-state index contributed by atoms with van der Waals surface area (Å²) in [6, 6.07) is 0. The predicted octanol–water partition coefficient (Wildman–Crippen LogP) is 3.42. The highest BCUT2D eigenvalue weighted by molar-refractivity contribution is 5.79. The Kier molecular flexibility index (Phi) is 3.51.